The van der Waals surface area contributed by atoms with Gasteiger partial charge < -0.3 is 10.0 Å². The van der Waals surface area contributed by atoms with E-state index in [2.05, 4.69) is 4.90 Å². The van der Waals surface area contributed by atoms with Crippen LogP contribution in [-0.4, -0.2) is 43.8 Å². The molecule has 3 N–H and O–H groups in total. The number of β-amino-alcohol motifs (C(OH)–C–C–N with tert-alkyl or cyclic N) is 1. The number of nitrogens with zero attached hydrogens (tertiary/aromatic N) is 1. The lowest BCUT2D eigenvalue weighted by Gasteiger charge is -2.33. The van der Waals surface area contributed by atoms with Crippen LogP contribution in [0.5, 0.6) is 0 Å². The van der Waals surface area contributed by atoms with E-state index in [-0.39, 0.29) is 11.7 Å². The van der Waals surface area contributed by atoms with Gasteiger partial charge in [-0.3, -0.25) is 0 Å². The van der Waals surface area contributed by atoms with Crippen LogP contribution in [0.4, 0.5) is 0 Å². The normalized spacial score (nSPS) is 22.1. The molecule has 2 atom stereocenters. The molecular weight excluding hydrogens is 312 g/mol. The van der Waals surface area contributed by atoms with Crippen molar-refractivity contribution in [1.29, 1.82) is 0 Å². The molecule has 0 aliphatic carbocycles. The number of hydrogen-bond donors (Lipinski definition) is 2. The van der Waals surface area contributed by atoms with Gasteiger partial charge in [0.15, 0.2) is 0 Å². The average molecular weight is 333 g/mol. The topological polar surface area (TPSA) is 83.6 Å². The van der Waals surface area contributed by atoms with Crippen molar-refractivity contribution in [3.05, 3.63) is 34.9 Å². The zero-order valence-corrected chi connectivity index (χ0v) is 13.4. The van der Waals surface area contributed by atoms with E-state index < -0.39 is 16.1 Å². The van der Waals surface area contributed by atoms with Crippen molar-refractivity contribution in [3.8, 4) is 0 Å². The second kappa shape index (κ2) is 7.07. The fourth-order valence-electron chi connectivity index (χ4n) is 2.85. The van der Waals surface area contributed by atoms with E-state index in [0.717, 1.165) is 24.9 Å². The van der Waals surface area contributed by atoms with E-state index in [9.17, 15) is 13.5 Å². The van der Waals surface area contributed by atoms with Crippen LogP contribution < -0.4 is 5.14 Å². The van der Waals surface area contributed by atoms with Gasteiger partial charge in [-0.25, -0.2) is 13.6 Å². The van der Waals surface area contributed by atoms with Crippen molar-refractivity contribution in [2.45, 2.75) is 18.9 Å². The van der Waals surface area contributed by atoms with Crippen molar-refractivity contribution < 1.29 is 13.5 Å². The first kappa shape index (κ1) is 16.7. The summed E-state index contributed by atoms with van der Waals surface area (Å²) in [5, 5.41) is 16.0. The number of halogens is 1. The third-order valence-corrected chi connectivity index (χ3v) is 4.91. The first-order valence-corrected chi connectivity index (χ1v) is 9.09. The highest BCUT2D eigenvalue weighted by Gasteiger charge is 2.25. The van der Waals surface area contributed by atoms with Gasteiger partial charge in [-0.05, 0) is 43.0 Å². The van der Waals surface area contributed by atoms with Crippen LogP contribution in [0.15, 0.2) is 24.3 Å². The summed E-state index contributed by atoms with van der Waals surface area (Å²) in [4.78, 5) is 2.09. The quantitative estimate of drug-likeness (QED) is 0.853. The molecule has 1 saturated heterocycles. The average Bonchev–Trinajstić information content (AvgIpc) is 2.37. The van der Waals surface area contributed by atoms with Crippen molar-refractivity contribution in [1.82, 2.24) is 4.90 Å². The Morgan fingerprint density at radius 2 is 2.24 bits per heavy atom. The molecule has 7 heteroatoms. The van der Waals surface area contributed by atoms with Crippen molar-refractivity contribution in [2.24, 2.45) is 11.1 Å². The molecule has 1 aromatic rings. The zero-order chi connectivity index (χ0) is 15.5. The lowest BCUT2D eigenvalue weighted by atomic mass is 9.99. The van der Waals surface area contributed by atoms with Crippen LogP contribution in [0.2, 0.25) is 5.02 Å². The molecule has 21 heavy (non-hydrogen) atoms. The summed E-state index contributed by atoms with van der Waals surface area (Å²) >= 11 is 5.92. The number of likely N-dealkylation sites (tertiary alicyclic amines) is 1. The Labute approximate surface area is 130 Å². The molecule has 0 radical (unpaired) electrons. The number of aliphatic hydroxyl groups excluding tert-OH is 1. The van der Waals surface area contributed by atoms with Crippen LogP contribution >= 0.6 is 11.6 Å². The standard InChI is InChI=1S/C14H21ClN2O3S/c15-13-5-1-4-12(7-13)14(18)9-17-6-2-3-11(8-17)10-21(16,19)20/h1,4-5,7,11,14,18H,2-3,6,8-10H2,(H2,16,19,20)/t11-,14+/m0/s1. The van der Waals surface area contributed by atoms with E-state index in [1.807, 2.05) is 6.07 Å². The summed E-state index contributed by atoms with van der Waals surface area (Å²) in [5.41, 5.74) is 0.774. The smallest absolute Gasteiger partial charge is 0.209 e. The van der Waals surface area contributed by atoms with Gasteiger partial charge in [0.25, 0.3) is 0 Å². The minimum Gasteiger partial charge on any atom is -0.387 e. The molecule has 1 fully saturated rings. The van der Waals surface area contributed by atoms with Crippen LogP contribution in [0.3, 0.4) is 0 Å². The summed E-state index contributed by atoms with van der Waals surface area (Å²) in [7, 11) is -3.44. The molecule has 118 valence electrons. The molecule has 0 aromatic heterocycles. The number of sulfonamides is 1. The Morgan fingerprint density at radius 1 is 1.48 bits per heavy atom. The van der Waals surface area contributed by atoms with E-state index in [1.165, 1.54) is 0 Å². The van der Waals surface area contributed by atoms with Gasteiger partial charge in [0.1, 0.15) is 0 Å². The Hall–Kier alpha value is -0.660. The number of rotatable bonds is 5. The number of aliphatic hydroxyl groups is 1. The molecule has 1 heterocycles. The maximum atomic E-state index is 11.2. The second-order valence-corrected chi connectivity index (χ2v) is 7.76. The maximum Gasteiger partial charge on any atom is 0.209 e. The van der Waals surface area contributed by atoms with Gasteiger partial charge in [0, 0.05) is 18.1 Å². The first-order valence-electron chi connectivity index (χ1n) is 7.00. The lowest BCUT2D eigenvalue weighted by Crippen LogP contribution is -2.41. The largest absolute Gasteiger partial charge is 0.387 e. The summed E-state index contributed by atoms with van der Waals surface area (Å²) in [6.07, 6.45) is 1.15. The van der Waals surface area contributed by atoms with Crippen molar-refractivity contribution >= 4 is 21.6 Å². The van der Waals surface area contributed by atoms with Crippen LogP contribution in [0.1, 0.15) is 24.5 Å². The molecule has 0 amide bonds. The van der Waals surface area contributed by atoms with E-state index in [4.69, 9.17) is 16.7 Å². The molecule has 0 bridgehead atoms. The first-order chi connectivity index (χ1) is 9.83. The maximum absolute atomic E-state index is 11.2. The highest BCUT2D eigenvalue weighted by Crippen LogP contribution is 2.22. The van der Waals surface area contributed by atoms with E-state index >= 15 is 0 Å². The molecule has 2 rings (SSSR count). The molecule has 0 unspecified atom stereocenters. The van der Waals surface area contributed by atoms with Crippen LogP contribution in [-0.2, 0) is 10.0 Å². The molecular formula is C14H21ClN2O3S. The van der Waals surface area contributed by atoms with Gasteiger partial charge in [0.05, 0.1) is 11.9 Å². The number of nitrogens with two attached hydrogens (primary N) is 1. The number of primary sulfonamides is 1. The van der Waals surface area contributed by atoms with Gasteiger partial charge >= 0.3 is 0 Å². The monoisotopic (exact) mass is 332 g/mol. The van der Waals surface area contributed by atoms with Crippen LogP contribution in [0.25, 0.3) is 0 Å². The summed E-state index contributed by atoms with van der Waals surface area (Å²) in [5.74, 6) is 0.0526. The predicted octanol–water partition coefficient (Wildman–Crippen LogP) is 1.37. The third kappa shape index (κ3) is 5.56. The highest BCUT2D eigenvalue weighted by molar-refractivity contribution is 7.89. The SMILES string of the molecule is NS(=O)(=O)C[C@H]1CCCN(C[C@@H](O)c2cccc(Cl)c2)C1. The third-order valence-electron chi connectivity index (χ3n) is 3.74. The molecule has 5 nitrogen and oxygen atoms in total. The lowest BCUT2D eigenvalue weighted by molar-refractivity contribution is 0.0880. The van der Waals surface area contributed by atoms with Gasteiger partial charge in [-0.15, -0.1) is 0 Å². The molecule has 1 aliphatic rings. The molecule has 1 aliphatic heterocycles. The summed E-state index contributed by atoms with van der Waals surface area (Å²) < 4.78 is 22.4. The molecule has 1 aromatic carbocycles. The van der Waals surface area contributed by atoms with Crippen molar-refractivity contribution in [3.63, 3.8) is 0 Å². The van der Waals surface area contributed by atoms with Crippen molar-refractivity contribution in [2.75, 3.05) is 25.4 Å². The highest BCUT2D eigenvalue weighted by atomic mass is 35.5. The number of hydrogen-bond acceptors (Lipinski definition) is 4. The molecule has 0 saturated carbocycles. The van der Waals surface area contributed by atoms with Gasteiger partial charge in [0.2, 0.25) is 10.0 Å². The zero-order valence-electron chi connectivity index (χ0n) is 11.8. The van der Waals surface area contributed by atoms with Gasteiger partial charge in [-0.1, -0.05) is 23.7 Å². The number of benzene rings is 1. The van der Waals surface area contributed by atoms with E-state index in [1.54, 1.807) is 18.2 Å². The minimum atomic E-state index is -3.44. The minimum absolute atomic E-state index is 0.0107. The Kier molecular flexibility index (Phi) is 5.62. The summed E-state index contributed by atoms with van der Waals surface area (Å²) in [6, 6.07) is 7.15. The number of piperidine rings is 1. The molecule has 0 spiro atoms. The van der Waals surface area contributed by atoms with Gasteiger partial charge in [-0.2, -0.15) is 0 Å². The fourth-order valence-corrected chi connectivity index (χ4v) is 3.97. The Bertz CT molecular complexity index is 579. The summed E-state index contributed by atoms with van der Waals surface area (Å²) in [6.45, 7) is 1.98. The van der Waals surface area contributed by atoms with Crippen LogP contribution in [0, 0.1) is 5.92 Å². The Morgan fingerprint density at radius 3 is 2.90 bits per heavy atom. The Balaban J connectivity index is 1.93. The van der Waals surface area contributed by atoms with E-state index in [0.29, 0.717) is 18.1 Å². The predicted molar refractivity (Wildman–Crippen MR) is 83.6 cm³/mol. The fraction of sp³-hybridized carbons (Fsp3) is 0.571. The second-order valence-electron chi connectivity index (χ2n) is 5.67.